The maximum Gasteiger partial charge on any atom is 0.0546 e. The SMILES string of the molecule is c1ccc(-c2cc3ccccc3cc2-c2ccc(N(c3ccc(-c4cccc5ccccc45)cc3)c3cc4ccccc4c4ccccc34)cc2)cc1. The minimum Gasteiger partial charge on any atom is -0.310 e. The van der Waals surface area contributed by atoms with E-state index < -0.39 is 0 Å². The van der Waals surface area contributed by atoms with E-state index in [0.29, 0.717) is 0 Å². The zero-order valence-electron chi connectivity index (χ0n) is 29.2. The van der Waals surface area contributed by atoms with Crippen LogP contribution in [0.5, 0.6) is 0 Å². The summed E-state index contributed by atoms with van der Waals surface area (Å²) in [5, 5.41) is 9.94. The van der Waals surface area contributed by atoms with Crippen molar-refractivity contribution in [1.29, 1.82) is 0 Å². The molecule has 0 amide bonds. The Balaban J connectivity index is 1.14. The largest absolute Gasteiger partial charge is 0.310 e. The van der Waals surface area contributed by atoms with E-state index in [1.165, 1.54) is 76.5 Å². The summed E-state index contributed by atoms with van der Waals surface area (Å²) >= 11 is 0. The van der Waals surface area contributed by atoms with E-state index in [-0.39, 0.29) is 0 Å². The van der Waals surface area contributed by atoms with Crippen molar-refractivity contribution in [3.63, 3.8) is 0 Å². The number of anilines is 3. The monoisotopic (exact) mass is 673 g/mol. The standard InChI is InChI=1S/C52H35N/c1-2-13-37(14-3-1)50-33-40-16-4-5-17-41(40)34-51(50)39-27-31-44(32-28-39)53(52-35-42-18-7-9-21-47(42)48-22-10-11-23-49(48)52)43-29-25-38(26-30-43)46-24-12-19-36-15-6-8-20-45(36)46/h1-35H. The van der Waals surface area contributed by atoms with Crippen molar-refractivity contribution in [2.75, 3.05) is 4.90 Å². The Morgan fingerprint density at radius 1 is 0.245 bits per heavy atom. The maximum atomic E-state index is 2.42. The van der Waals surface area contributed by atoms with Crippen molar-refractivity contribution in [1.82, 2.24) is 0 Å². The first kappa shape index (κ1) is 30.8. The highest BCUT2D eigenvalue weighted by atomic mass is 15.1. The van der Waals surface area contributed by atoms with Gasteiger partial charge >= 0.3 is 0 Å². The smallest absolute Gasteiger partial charge is 0.0546 e. The molecule has 0 saturated heterocycles. The summed E-state index contributed by atoms with van der Waals surface area (Å²) in [4.78, 5) is 2.42. The van der Waals surface area contributed by atoms with Crippen molar-refractivity contribution in [3.8, 4) is 33.4 Å². The molecule has 248 valence electrons. The van der Waals surface area contributed by atoms with E-state index >= 15 is 0 Å². The number of nitrogens with zero attached hydrogens (tertiary/aromatic N) is 1. The van der Waals surface area contributed by atoms with Crippen LogP contribution < -0.4 is 4.90 Å². The van der Waals surface area contributed by atoms with Crippen LogP contribution in [-0.4, -0.2) is 0 Å². The van der Waals surface area contributed by atoms with Gasteiger partial charge in [-0.05, 0) is 114 Å². The van der Waals surface area contributed by atoms with Gasteiger partial charge in [0.2, 0.25) is 0 Å². The summed E-state index contributed by atoms with van der Waals surface area (Å²) in [6.07, 6.45) is 0. The number of hydrogen-bond donors (Lipinski definition) is 0. The molecule has 10 rings (SSSR count). The third kappa shape index (κ3) is 5.51. The Hall–Kier alpha value is -6.96. The summed E-state index contributed by atoms with van der Waals surface area (Å²) in [6.45, 7) is 0. The second kappa shape index (κ2) is 13.0. The lowest BCUT2D eigenvalue weighted by Crippen LogP contribution is -2.10. The fourth-order valence-electron chi connectivity index (χ4n) is 8.04. The molecule has 0 bridgehead atoms. The molecule has 1 nitrogen and oxygen atoms in total. The van der Waals surface area contributed by atoms with Gasteiger partial charge in [-0.2, -0.15) is 0 Å². The highest BCUT2D eigenvalue weighted by molar-refractivity contribution is 6.14. The molecule has 0 aromatic heterocycles. The lowest BCUT2D eigenvalue weighted by Gasteiger charge is -2.28. The van der Waals surface area contributed by atoms with Gasteiger partial charge in [0.25, 0.3) is 0 Å². The molecule has 0 aliphatic carbocycles. The molecule has 1 heteroatoms. The van der Waals surface area contributed by atoms with Crippen LogP contribution in [-0.2, 0) is 0 Å². The maximum absolute atomic E-state index is 2.42. The second-order valence-corrected chi connectivity index (χ2v) is 13.7. The third-order valence-electron chi connectivity index (χ3n) is 10.6. The molecule has 0 aliphatic heterocycles. The van der Waals surface area contributed by atoms with Gasteiger partial charge in [0.1, 0.15) is 0 Å². The van der Waals surface area contributed by atoms with E-state index in [9.17, 15) is 0 Å². The molecule has 0 N–H and O–H groups in total. The minimum absolute atomic E-state index is 1.11. The van der Waals surface area contributed by atoms with E-state index in [0.717, 1.165) is 17.1 Å². The minimum atomic E-state index is 1.11. The van der Waals surface area contributed by atoms with E-state index in [2.05, 4.69) is 217 Å². The van der Waals surface area contributed by atoms with Crippen molar-refractivity contribution in [2.24, 2.45) is 0 Å². The Kier molecular flexibility index (Phi) is 7.55. The molecule has 0 atom stereocenters. The molecular formula is C52H35N. The molecule has 53 heavy (non-hydrogen) atoms. The molecule has 10 aromatic rings. The van der Waals surface area contributed by atoms with Crippen molar-refractivity contribution in [3.05, 3.63) is 212 Å². The quantitative estimate of drug-likeness (QED) is 0.159. The first-order chi connectivity index (χ1) is 26.3. The number of rotatable bonds is 6. The summed E-state index contributed by atoms with van der Waals surface area (Å²) in [6, 6.07) is 77.3. The van der Waals surface area contributed by atoms with Crippen LogP contribution in [0.3, 0.4) is 0 Å². The van der Waals surface area contributed by atoms with Crippen LogP contribution in [0.2, 0.25) is 0 Å². The lowest BCUT2D eigenvalue weighted by atomic mass is 9.91. The molecule has 0 fully saturated rings. The number of hydrogen-bond acceptors (Lipinski definition) is 1. The van der Waals surface area contributed by atoms with Crippen molar-refractivity contribution >= 4 is 60.2 Å². The van der Waals surface area contributed by atoms with Gasteiger partial charge in [0, 0.05) is 16.8 Å². The van der Waals surface area contributed by atoms with Crippen molar-refractivity contribution in [2.45, 2.75) is 0 Å². The van der Waals surface area contributed by atoms with Gasteiger partial charge in [-0.15, -0.1) is 0 Å². The Labute approximate surface area is 309 Å². The normalized spacial score (nSPS) is 11.4. The summed E-state index contributed by atoms with van der Waals surface area (Å²) in [7, 11) is 0. The third-order valence-corrected chi connectivity index (χ3v) is 10.6. The van der Waals surface area contributed by atoms with E-state index in [1.54, 1.807) is 0 Å². The Morgan fingerprint density at radius 3 is 1.34 bits per heavy atom. The molecule has 0 spiro atoms. The molecule has 0 radical (unpaired) electrons. The van der Waals surface area contributed by atoms with Gasteiger partial charge in [-0.3, -0.25) is 0 Å². The first-order valence-corrected chi connectivity index (χ1v) is 18.3. The van der Waals surface area contributed by atoms with Gasteiger partial charge in [-0.25, -0.2) is 0 Å². The zero-order valence-corrected chi connectivity index (χ0v) is 29.2. The highest BCUT2D eigenvalue weighted by Gasteiger charge is 2.19. The molecule has 0 aliphatic rings. The first-order valence-electron chi connectivity index (χ1n) is 18.3. The summed E-state index contributed by atoms with van der Waals surface area (Å²) in [5.41, 5.74) is 10.7. The second-order valence-electron chi connectivity index (χ2n) is 13.7. The Bertz CT molecular complexity index is 2920. The zero-order chi connectivity index (χ0) is 35.1. The van der Waals surface area contributed by atoms with Crippen molar-refractivity contribution < 1.29 is 0 Å². The van der Waals surface area contributed by atoms with Gasteiger partial charge in [0.05, 0.1) is 5.69 Å². The average Bonchev–Trinajstić information content (AvgIpc) is 3.24. The highest BCUT2D eigenvalue weighted by Crippen LogP contribution is 2.44. The van der Waals surface area contributed by atoms with Gasteiger partial charge in [0.15, 0.2) is 0 Å². The van der Waals surface area contributed by atoms with Gasteiger partial charge < -0.3 is 4.90 Å². The average molecular weight is 674 g/mol. The summed E-state index contributed by atoms with van der Waals surface area (Å²) < 4.78 is 0. The van der Waals surface area contributed by atoms with Crippen LogP contribution in [0.25, 0.3) is 76.5 Å². The molecule has 0 saturated carbocycles. The van der Waals surface area contributed by atoms with Gasteiger partial charge in [-0.1, -0.05) is 170 Å². The van der Waals surface area contributed by atoms with Crippen LogP contribution in [0.15, 0.2) is 212 Å². The van der Waals surface area contributed by atoms with Crippen LogP contribution in [0.1, 0.15) is 0 Å². The molecule has 10 aromatic carbocycles. The molecule has 0 unspecified atom stereocenters. The fraction of sp³-hybridized carbons (Fsp3) is 0. The fourth-order valence-corrected chi connectivity index (χ4v) is 8.04. The van der Waals surface area contributed by atoms with Crippen LogP contribution in [0.4, 0.5) is 17.1 Å². The van der Waals surface area contributed by atoms with E-state index in [4.69, 9.17) is 0 Å². The van der Waals surface area contributed by atoms with E-state index in [1.807, 2.05) is 0 Å². The van der Waals surface area contributed by atoms with Crippen LogP contribution in [0, 0.1) is 0 Å². The topological polar surface area (TPSA) is 3.24 Å². The summed E-state index contributed by atoms with van der Waals surface area (Å²) in [5.74, 6) is 0. The predicted octanol–water partition coefficient (Wildman–Crippen LogP) is 14.8. The van der Waals surface area contributed by atoms with Crippen LogP contribution >= 0.6 is 0 Å². The lowest BCUT2D eigenvalue weighted by molar-refractivity contribution is 1.30. The predicted molar refractivity (Wildman–Crippen MR) is 227 cm³/mol. The molecular weight excluding hydrogens is 639 g/mol. The Morgan fingerprint density at radius 2 is 0.698 bits per heavy atom. The molecule has 0 heterocycles. The number of benzene rings is 10. The number of fused-ring (bicyclic) bond motifs is 5.